The largest absolute Gasteiger partial charge is 0.382 e. The summed E-state index contributed by atoms with van der Waals surface area (Å²) >= 11 is 0. The zero-order chi connectivity index (χ0) is 17.1. The Kier molecular flexibility index (Phi) is 4.59. The van der Waals surface area contributed by atoms with Crippen molar-refractivity contribution in [1.82, 2.24) is 14.7 Å². The Hall–Kier alpha value is -2.70. The molecule has 0 radical (unpaired) electrons. The molecule has 1 unspecified atom stereocenters. The van der Waals surface area contributed by atoms with Crippen LogP contribution in [0.25, 0.3) is 0 Å². The summed E-state index contributed by atoms with van der Waals surface area (Å²) in [6.45, 7) is 3.21. The number of nitrogens with zero attached hydrogens (tertiary/aromatic N) is 4. The Morgan fingerprint density at radius 1 is 1.38 bits per heavy atom. The van der Waals surface area contributed by atoms with Crippen LogP contribution in [-0.2, 0) is 22.7 Å². The summed E-state index contributed by atoms with van der Waals surface area (Å²) in [7, 11) is 1.73. The maximum atomic E-state index is 13.0. The van der Waals surface area contributed by atoms with Gasteiger partial charge in [-0.3, -0.25) is 9.48 Å². The lowest BCUT2D eigenvalue weighted by Crippen LogP contribution is -2.36. The van der Waals surface area contributed by atoms with Crippen molar-refractivity contribution in [3.63, 3.8) is 0 Å². The highest BCUT2D eigenvalue weighted by Crippen LogP contribution is 2.19. The number of aryl methyl sites for hydroxylation is 1. The minimum Gasteiger partial charge on any atom is -0.382 e. The SMILES string of the molecule is CCn1nccc1CN(C)C(=O)C1CC(c2ccc(F)cc2)=NO1. The number of carbonyl (C=O) groups excluding carboxylic acids is 1. The molecule has 126 valence electrons. The first kappa shape index (κ1) is 16.2. The van der Waals surface area contributed by atoms with Gasteiger partial charge in [-0.2, -0.15) is 5.10 Å². The fourth-order valence-electron chi connectivity index (χ4n) is 2.67. The maximum Gasteiger partial charge on any atom is 0.267 e. The van der Waals surface area contributed by atoms with Crippen LogP contribution in [0.5, 0.6) is 0 Å². The van der Waals surface area contributed by atoms with Crippen molar-refractivity contribution in [3.8, 4) is 0 Å². The predicted molar refractivity (Wildman–Crippen MR) is 86.8 cm³/mol. The monoisotopic (exact) mass is 330 g/mol. The third-order valence-electron chi connectivity index (χ3n) is 4.00. The number of halogens is 1. The molecule has 6 nitrogen and oxygen atoms in total. The second kappa shape index (κ2) is 6.82. The van der Waals surface area contributed by atoms with Gasteiger partial charge in [0.15, 0.2) is 0 Å². The minimum absolute atomic E-state index is 0.139. The number of oxime groups is 1. The Bertz CT molecular complexity index is 754. The molecule has 1 atom stereocenters. The predicted octanol–water partition coefficient (Wildman–Crippen LogP) is 2.19. The topological polar surface area (TPSA) is 59.7 Å². The summed E-state index contributed by atoms with van der Waals surface area (Å²) in [6, 6.07) is 7.89. The van der Waals surface area contributed by atoms with Gasteiger partial charge in [-0.15, -0.1) is 0 Å². The van der Waals surface area contributed by atoms with Crippen LogP contribution in [0.2, 0.25) is 0 Å². The molecule has 2 heterocycles. The number of aromatic nitrogens is 2. The van der Waals surface area contributed by atoms with Crippen molar-refractivity contribution in [1.29, 1.82) is 0 Å². The van der Waals surface area contributed by atoms with Crippen LogP contribution in [0.15, 0.2) is 41.7 Å². The lowest BCUT2D eigenvalue weighted by molar-refractivity contribution is -0.141. The quantitative estimate of drug-likeness (QED) is 0.844. The lowest BCUT2D eigenvalue weighted by Gasteiger charge is -2.20. The van der Waals surface area contributed by atoms with E-state index in [1.54, 1.807) is 30.3 Å². The van der Waals surface area contributed by atoms with Crippen molar-refractivity contribution in [2.75, 3.05) is 7.05 Å². The fraction of sp³-hybridized carbons (Fsp3) is 0.353. The molecule has 1 aliphatic heterocycles. The number of benzene rings is 1. The summed E-state index contributed by atoms with van der Waals surface area (Å²) in [6.07, 6.45) is 1.45. The number of likely N-dealkylation sites (N-methyl/N-ethyl adjacent to an activating group) is 1. The van der Waals surface area contributed by atoms with Crippen molar-refractivity contribution >= 4 is 11.6 Å². The van der Waals surface area contributed by atoms with Crippen molar-refractivity contribution in [3.05, 3.63) is 53.6 Å². The van der Waals surface area contributed by atoms with Crippen LogP contribution >= 0.6 is 0 Å². The van der Waals surface area contributed by atoms with E-state index >= 15 is 0 Å². The van der Waals surface area contributed by atoms with Gasteiger partial charge in [0.2, 0.25) is 6.10 Å². The fourth-order valence-corrected chi connectivity index (χ4v) is 2.67. The van der Waals surface area contributed by atoms with Crippen LogP contribution in [0.4, 0.5) is 4.39 Å². The summed E-state index contributed by atoms with van der Waals surface area (Å²) in [5.41, 5.74) is 2.38. The maximum absolute atomic E-state index is 13.0. The first-order valence-corrected chi connectivity index (χ1v) is 7.82. The smallest absolute Gasteiger partial charge is 0.267 e. The van der Waals surface area contributed by atoms with Gasteiger partial charge in [0.1, 0.15) is 5.82 Å². The molecule has 1 amide bonds. The van der Waals surface area contributed by atoms with E-state index in [1.165, 1.54) is 12.1 Å². The summed E-state index contributed by atoms with van der Waals surface area (Å²) in [4.78, 5) is 19.4. The number of hydrogen-bond donors (Lipinski definition) is 0. The Morgan fingerprint density at radius 3 is 2.83 bits per heavy atom. The van der Waals surface area contributed by atoms with Gasteiger partial charge in [-0.05, 0) is 30.7 Å². The van der Waals surface area contributed by atoms with Crippen LogP contribution in [-0.4, -0.2) is 39.5 Å². The summed E-state index contributed by atoms with van der Waals surface area (Å²) in [5.74, 6) is -0.446. The first-order valence-electron chi connectivity index (χ1n) is 7.82. The first-order chi connectivity index (χ1) is 11.6. The van der Waals surface area contributed by atoms with Crippen LogP contribution in [0.1, 0.15) is 24.6 Å². The Balaban J connectivity index is 1.61. The highest BCUT2D eigenvalue weighted by Gasteiger charge is 2.31. The zero-order valence-corrected chi connectivity index (χ0v) is 13.6. The highest BCUT2D eigenvalue weighted by atomic mass is 19.1. The van der Waals surface area contributed by atoms with Gasteiger partial charge in [-0.25, -0.2) is 4.39 Å². The van der Waals surface area contributed by atoms with Gasteiger partial charge in [0.25, 0.3) is 5.91 Å². The number of amides is 1. The molecule has 0 aliphatic carbocycles. The van der Waals surface area contributed by atoms with Gasteiger partial charge in [-0.1, -0.05) is 17.3 Å². The molecule has 7 heteroatoms. The molecule has 0 bridgehead atoms. The molecule has 24 heavy (non-hydrogen) atoms. The molecule has 0 fully saturated rings. The van der Waals surface area contributed by atoms with E-state index in [2.05, 4.69) is 10.3 Å². The van der Waals surface area contributed by atoms with Crippen LogP contribution in [0, 0.1) is 5.82 Å². The molecule has 0 saturated carbocycles. The van der Waals surface area contributed by atoms with E-state index in [9.17, 15) is 9.18 Å². The lowest BCUT2D eigenvalue weighted by atomic mass is 10.0. The van der Waals surface area contributed by atoms with Gasteiger partial charge < -0.3 is 9.74 Å². The van der Waals surface area contributed by atoms with Crippen LogP contribution in [0.3, 0.4) is 0 Å². The molecule has 0 N–H and O–H groups in total. The second-order valence-corrected chi connectivity index (χ2v) is 5.68. The van der Waals surface area contributed by atoms with E-state index in [0.29, 0.717) is 18.7 Å². The Labute approximate surface area is 139 Å². The zero-order valence-electron chi connectivity index (χ0n) is 13.6. The van der Waals surface area contributed by atoms with Crippen molar-refractivity contribution < 1.29 is 14.0 Å². The minimum atomic E-state index is -0.645. The third kappa shape index (κ3) is 3.29. The number of hydrogen-bond acceptors (Lipinski definition) is 4. The van der Waals surface area contributed by atoms with Crippen LogP contribution < -0.4 is 0 Å². The highest BCUT2D eigenvalue weighted by molar-refractivity contribution is 6.04. The molecule has 2 aromatic rings. The average molecular weight is 330 g/mol. The number of rotatable bonds is 5. The van der Waals surface area contributed by atoms with Crippen molar-refractivity contribution in [2.24, 2.45) is 5.16 Å². The number of carbonyl (C=O) groups is 1. The molecule has 1 aromatic carbocycles. The summed E-state index contributed by atoms with van der Waals surface area (Å²) < 4.78 is 14.8. The van der Waals surface area contributed by atoms with Gasteiger partial charge in [0.05, 0.1) is 18.0 Å². The third-order valence-corrected chi connectivity index (χ3v) is 4.00. The summed E-state index contributed by atoms with van der Waals surface area (Å²) in [5, 5.41) is 8.18. The second-order valence-electron chi connectivity index (χ2n) is 5.68. The molecule has 1 aliphatic rings. The molecule has 0 saturated heterocycles. The molecular weight excluding hydrogens is 311 g/mol. The van der Waals surface area contributed by atoms with E-state index in [1.807, 2.05) is 17.7 Å². The molecule has 0 spiro atoms. The normalized spacial score (nSPS) is 16.6. The van der Waals surface area contributed by atoms with E-state index in [-0.39, 0.29) is 11.7 Å². The Morgan fingerprint density at radius 2 is 2.12 bits per heavy atom. The molecule has 3 rings (SSSR count). The standard InChI is InChI=1S/C17H19FN4O2/c1-3-22-14(8-9-19-22)11-21(2)17(23)16-10-15(20-24-16)12-4-6-13(18)7-5-12/h4-9,16H,3,10-11H2,1-2H3. The van der Waals surface area contributed by atoms with E-state index < -0.39 is 6.10 Å². The molecular formula is C17H19FN4O2. The van der Waals surface area contributed by atoms with E-state index in [0.717, 1.165) is 17.8 Å². The van der Waals surface area contributed by atoms with Gasteiger partial charge >= 0.3 is 0 Å². The van der Waals surface area contributed by atoms with Crippen molar-refractivity contribution in [2.45, 2.75) is 32.5 Å². The van der Waals surface area contributed by atoms with E-state index in [4.69, 9.17) is 4.84 Å². The molecule has 1 aromatic heterocycles. The average Bonchev–Trinajstić information content (AvgIpc) is 3.24. The van der Waals surface area contributed by atoms with Gasteiger partial charge in [0, 0.05) is 26.2 Å².